The van der Waals surface area contributed by atoms with Crippen molar-refractivity contribution in [2.24, 2.45) is 0 Å². The Morgan fingerprint density at radius 3 is 2.38 bits per heavy atom. The van der Waals surface area contributed by atoms with Gasteiger partial charge in [0.1, 0.15) is 5.75 Å². The molecular formula is C25H31N3O4. The van der Waals surface area contributed by atoms with E-state index < -0.39 is 0 Å². The number of nitrogens with zero attached hydrogens (tertiary/aromatic N) is 3. The maximum absolute atomic E-state index is 12.3. The number of para-hydroxylation sites is 1. The third-order valence-corrected chi connectivity index (χ3v) is 6.48. The minimum Gasteiger partial charge on any atom is -0.483 e. The lowest BCUT2D eigenvalue weighted by Gasteiger charge is -2.35. The summed E-state index contributed by atoms with van der Waals surface area (Å²) in [5.74, 6) is 2.60. The van der Waals surface area contributed by atoms with E-state index in [4.69, 9.17) is 14.2 Å². The zero-order valence-corrected chi connectivity index (χ0v) is 18.5. The average molecular weight is 438 g/mol. The van der Waals surface area contributed by atoms with Crippen LogP contribution in [0, 0.1) is 0 Å². The number of amides is 1. The maximum atomic E-state index is 12.3. The first-order chi connectivity index (χ1) is 15.7. The Morgan fingerprint density at radius 1 is 0.844 bits per heavy atom. The largest absolute Gasteiger partial charge is 0.483 e. The number of rotatable bonds is 7. The predicted octanol–water partition coefficient (Wildman–Crippen LogP) is 2.73. The van der Waals surface area contributed by atoms with Crippen LogP contribution in [0.15, 0.2) is 42.5 Å². The van der Waals surface area contributed by atoms with Gasteiger partial charge in [-0.2, -0.15) is 0 Å². The van der Waals surface area contributed by atoms with Crippen LogP contribution in [0.25, 0.3) is 0 Å². The third-order valence-electron chi connectivity index (χ3n) is 6.48. The molecular weight excluding hydrogens is 406 g/mol. The molecule has 2 saturated heterocycles. The Morgan fingerprint density at radius 2 is 1.56 bits per heavy atom. The van der Waals surface area contributed by atoms with Crippen molar-refractivity contribution in [3.05, 3.63) is 53.6 Å². The highest BCUT2D eigenvalue weighted by Crippen LogP contribution is 2.33. The highest BCUT2D eigenvalue weighted by atomic mass is 16.7. The van der Waals surface area contributed by atoms with Crippen molar-refractivity contribution in [1.82, 2.24) is 14.7 Å². The van der Waals surface area contributed by atoms with Gasteiger partial charge in [0.05, 0.1) is 0 Å². The van der Waals surface area contributed by atoms with Crippen molar-refractivity contribution in [2.75, 3.05) is 52.7 Å². The van der Waals surface area contributed by atoms with Gasteiger partial charge in [0.2, 0.25) is 6.79 Å². The molecule has 0 saturated carbocycles. The number of carbonyl (C=O) groups is 1. The number of hydrogen-bond donors (Lipinski definition) is 0. The van der Waals surface area contributed by atoms with Gasteiger partial charge in [-0.15, -0.1) is 0 Å². The van der Waals surface area contributed by atoms with Crippen molar-refractivity contribution in [2.45, 2.75) is 25.9 Å². The van der Waals surface area contributed by atoms with Crippen LogP contribution >= 0.6 is 0 Å². The van der Waals surface area contributed by atoms with Crippen molar-refractivity contribution >= 4 is 5.91 Å². The summed E-state index contributed by atoms with van der Waals surface area (Å²) in [4.78, 5) is 19.2. The summed E-state index contributed by atoms with van der Waals surface area (Å²) < 4.78 is 16.8. The third kappa shape index (κ3) is 5.00. The molecule has 1 amide bonds. The van der Waals surface area contributed by atoms with E-state index in [1.807, 2.05) is 29.2 Å². The Balaban J connectivity index is 1.11. The Labute approximate surface area is 189 Å². The first kappa shape index (κ1) is 21.1. The Hall–Kier alpha value is -2.77. The quantitative estimate of drug-likeness (QED) is 0.664. The molecule has 0 radical (unpaired) electrons. The first-order valence-electron chi connectivity index (χ1n) is 11.6. The zero-order valence-electron chi connectivity index (χ0n) is 18.5. The Bertz CT molecular complexity index is 937. The minimum atomic E-state index is 0.0921. The van der Waals surface area contributed by atoms with Crippen LogP contribution in [0.3, 0.4) is 0 Å². The van der Waals surface area contributed by atoms with Crippen LogP contribution in [-0.2, 0) is 17.9 Å². The number of likely N-dealkylation sites (tertiary alicyclic amines) is 1. The average Bonchev–Trinajstić information content (AvgIpc) is 3.52. The van der Waals surface area contributed by atoms with Crippen LogP contribution in [0.2, 0.25) is 0 Å². The summed E-state index contributed by atoms with van der Waals surface area (Å²) in [6.45, 7) is 7.97. The predicted molar refractivity (Wildman–Crippen MR) is 121 cm³/mol. The smallest absolute Gasteiger partial charge is 0.260 e. The van der Waals surface area contributed by atoms with E-state index in [0.717, 1.165) is 88.0 Å². The number of carbonyl (C=O) groups excluding carboxylic acids is 1. The van der Waals surface area contributed by atoms with E-state index in [-0.39, 0.29) is 12.5 Å². The highest BCUT2D eigenvalue weighted by Gasteiger charge is 2.21. The van der Waals surface area contributed by atoms with Crippen molar-refractivity contribution in [3.8, 4) is 17.2 Å². The van der Waals surface area contributed by atoms with Gasteiger partial charge in [-0.25, -0.2) is 0 Å². The first-order valence-corrected chi connectivity index (χ1v) is 11.6. The minimum absolute atomic E-state index is 0.0921. The van der Waals surface area contributed by atoms with Gasteiger partial charge in [0.25, 0.3) is 5.91 Å². The van der Waals surface area contributed by atoms with E-state index in [0.29, 0.717) is 6.79 Å². The van der Waals surface area contributed by atoms with Crippen molar-refractivity contribution in [1.29, 1.82) is 0 Å². The lowest BCUT2D eigenvalue weighted by molar-refractivity contribution is -0.132. The summed E-state index contributed by atoms with van der Waals surface area (Å²) in [5, 5.41) is 0. The molecule has 0 spiro atoms. The second-order valence-corrected chi connectivity index (χ2v) is 8.72. The number of benzene rings is 2. The lowest BCUT2D eigenvalue weighted by Crippen LogP contribution is -2.45. The summed E-state index contributed by atoms with van der Waals surface area (Å²) in [7, 11) is 0. The van der Waals surface area contributed by atoms with E-state index in [1.165, 1.54) is 5.56 Å². The zero-order chi connectivity index (χ0) is 21.8. The van der Waals surface area contributed by atoms with Crippen molar-refractivity contribution in [3.63, 3.8) is 0 Å². The molecule has 0 N–H and O–H groups in total. The van der Waals surface area contributed by atoms with Gasteiger partial charge in [-0.05, 0) is 36.6 Å². The molecule has 0 atom stereocenters. The standard InChI is InChI=1S/C25H31N3O4/c29-25(28-9-3-4-10-28)18-30-22-6-2-1-5-21(22)17-27-13-11-26(12-14-27)16-20-7-8-23-24(15-20)32-19-31-23/h1-2,5-8,15H,3-4,9-14,16-19H2. The topological polar surface area (TPSA) is 54.5 Å². The lowest BCUT2D eigenvalue weighted by atomic mass is 10.1. The summed E-state index contributed by atoms with van der Waals surface area (Å²) in [5.41, 5.74) is 2.40. The molecule has 2 fully saturated rings. The molecule has 0 aliphatic carbocycles. The molecule has 2 aromatic rings. The molecule has 7 heteroatoms. The molecule has 5 rings (SSSR count). The van der Waals surface area contributed by atoms with Gasteiger partial charge in [0.15, 0.2) is 18.1 Å². The monoisotopic (exact) mass is 437 g/mol. The van der Waals surface area contributed by atoms with E-state index >= 15 is 0 Å². The van der Waals surface area contributed by atoms with Crippen LogP contribution < -0.4 is 14.2 Å². The molecule has 0 unspecified atom stereocenters. The van der Waals surface area contributed by atoms with Crippen LogP contribution in [0.5, 0.6) is 17.2 Å². The van der Waals surface area contributed by atoms with E-state index in [2.05, 4.69) is 28.0 Å². The highest BCUT2D eigenvalue weighted by molar-refractivity contribution is 5.78. The van der Waals surface area contributed by atoms with E-state index in [1.54, 1.807) is 0 Å². The molecule has 32 heavy (non-hydrogen) atoms. The molecule has 3 aliphatic heterocycles. The fourth-order valence-electron chi connectivity index (χ4n) is 4.62. The van der Waals surface area contributed by atoms with Crippen LogP contribution in [-0.4, -0.2) is 73.3 Å². The molecule has 7 nitrogen and oxygen atoms in total. The van der Waals surface area contributed by atoms with Gasteiger partial charge in [0, 0.05) is 57.9 Å². The molecule has 0 aromatic heterocycles. The molecule has 170 valence electrons. The summed E-state index contributed by atoms with van der Waals surface area (Å²) >= 11 is 0. The summed E-state index contributed by atoms with van der Waals surface area (Å²) in [6.07, 6.45) is 2.20. The molecule has 0 bridgehead atoms. The van der Waals surface area contributed by atoms with Gasteiger partial charge >= 0.3 is 0 Å². The fourth-order valence-corrected chi connectivity index (χ4v) is 4.62. The van der Waals surface area contributed by atoms with Gasteiger partial charge in [-0.1, -0.05) is 24.3 Å². The van der Waals surface area contributed by atoms with Crippen LogP contribution in [0.1, 0.15) is 24.0 Å². The molecule has 3 aliphatic rings. The van der Waals surface area contributed by atoms with Gasteiger partial charge in [-0.3, -0.25) is 14.6 Å². The Kier molecular flexibility index (Phi) is 6.46. The van der Waals surface area contributed by atoms with E-state index in [9.17, 15) is 4.79 Å². The number of ether oxygens (including phenoxy) is 3. The second kappa shape index (κ2) is 9.79. The number of fused-ring (bicyclic) bond motifs is 1. The van der Waals surface area contributed by atoms with Crippen molar-refractivity contribution < 1.29 is 19.0 Å². The SMILES string of the molecule is O=C(COc1ccccc1CN1CCN(Cc2ccc3c(c2)OCO3)CC1)N1CCCC1. The number of piperazine rings is 1. The maximum Gasteiger partial charge on any atom is 0.260 e. The molecule has 3 heterocycles. The second-order valence-electron chi connectivity index (χ2n) is 8.72. The number of hydrogen-bond acceptors (Lipinski definition) is 6. The van der Waals surface area contributed by atoms with Crippen LogP contribution in [0.4, 0.5) is 0 Å². The molecule has 2 aromatic carbocycles. The summed E-state index contributed by atoms with van der Waals surface area (Å²) in [6, 6.07) is 14.3. The normalized spacial score (nSPS) is 18.8. The van der Waals surface area contributed by atoms with Gasteiger partial charge < -0.3 is 19.1 Å². The fraction of sp³-hybridized carbons (Fsp3) is 0.480.